The van der Waals surface area contributed by atoms with Gasteiger partial charge >= 0.3 is 5.69 Å². The third-order valence-corrected chi connectivity index (χ3v) is 3.06. The maximum Gasteiger partial charge on any atom is 0.328 e. The third kappa shape index (κ3) is 3.23. The second-order valence-electron chi connectivity index (χ2n) is 4.25. The molecule has 8 nitrogen and oxygen atoms in total. The minimum atomic E-state index is -0.848. The first kappa shape index (κ1) is 15.5. The standard InChI is InChI=1S/C13H11ClN4O4/c1-6(9-11(20)15-13(22)16-12(9)21)17-18-10(19)7-4-2-3-5-8(7)14/h2-5H,1H3,(H,18,19)(H3,15,16,20,21,22)/b17-6+. The van der Waals surface area contributed by atoms with Gasteiger partial charge in [0.15, 0.2) is 0 Å². The highest BCUT2D eigenvalue weighted by Crippen LogP contribution is 2.14. The molecule has 0 saturated carbocycles. The largest absolute Gasteiger partial charge is 0.494 e. The summed E-state index contributed by atoms with van der Waals surface area (Å²) in [6.45, 7) is 1.38. The van der Waals surface area contributed by atoms with E-state index in [2.05, 4.69) is 10.5 Å². The molecular weight excluding hydrogens is 312 g/mol. The molecule has 0 atom stereocenters. The first-order chi connectivity index (χ1) is 10.4. The molecular formula is C13H11ClN4O4. The van der Waals surface area contributed by atoms with Gasteiger partial charge in [-0.15, -0.1) is 0 Å². The Bertz CT molecular complexity index is 869. The molecule has 2 rings (SSSR count). The van der Waals surface area contributed by atoms with E-state index in [9.17, 15) is 19.5 Å². The maximum atomic E-state index is 11.9. The molecule has 1 heterocycles. The highest BCUT2D eigenvalue weighted by Gasteiger charge is 2.13. The van der Waals surface area contributed by atoms with Gasteiger partial charge in [-0.05, 0) is 19.1 Å². The van der Waals surface area contributed by atoms with Gasteiger partial charge in [0, 0.05) is 0 Å². The Kier molecular flexibility index (Phi) is 4.42. The third-order valence-electron chi connectivity index (χ3n) is 2.73. The highest BCUT2D eigenvalue weighted by atomic mass is 35.5. The molecule has 0 fully saturated rings. The van der Waals surface area contributed by atoms with E-state index in [1.165, 1.54) is 13.0 Å². The van der Waals surface area contributed by atoms with E-state index in [1.54, 1.807) is 18.2 Å². The van der Waals surface area contributed by atoms with E-state index in [-0.39, 0.29) is 21.9 Å². The molecule has 1 aromatic heterocycles. The van der Waals surface area contributed by atoms with Crippen LogP contribution in [-0.4, -0.2) is 26.7 Å². The number of rotatable bonds is 3. The zero-order chi connectivity index (χ0) is 16.3. The number of nitrogens with one attached hydrogen (secondary N) is 3. The Labute approximate surface area is 128 Å². The Hall–Kier alpha value is -2.87. The van der Waals surface area contributed by atoms with Gasteiger partial charge in [0.1, 0.15) is 5.56 Å². The van der Waals surface area contributed by atoms with Crippen molar-refractivity contribution in [3.8, 4) is 5.88 Å². The fourth-order valence-corrected chi connectivity index (χ4v) is 1.93. The molecule has 1 aromatic carbocycles. The normalized spacial score (nSPS) is 11.3. The van der Waals surface area contributed by atoms with Gasteiger partial charge in [0.25, 0.3) is 11.5 Å². The van der Waals surface area contributed by atoms with Crippen LogP contribution in [0.25, 0.3) is 0 Å². The number of H-pyrrole nitrogens is 2. The molecule has 4 N–H and O–H groups in total. The molecule has 114 valence electrons. The first-order valence-corrected chi connectivity index (χ1v) is 6.43. The molecule has 9 heteroatoms. The summed E-state index contributed by atoms with van der Waals surface area (Å²) < 4.78 is 0. The lowest BCUT2D eigenvalue weighted by atomic mass is 10.2. The summed E-state index contributed by atoms with van der Waals surface area (Å²) >= 11 is 5.88. The second-order valence-corrected chi connectivity index (χ2v) is 4.66. The van der Waals surface area contributed by atoms with Crippen LogP contribution in [0.3, 0.4) is 0 Å². The van der Waals surface area contributed by atoms with E-state index >= 15 is 0 Å². The van der Waals surface area contributed by atoms with Crippen LogP contribution in [0.4, 0.5) is 0 Å². The fraction of sp³-hybridized carbons (Fsp3) is 0.0769. The van der Waals surface area contributed by atoms with Crippen molar-refractivity contribution in [3.05, 3.63) is 61.3 Å². The van der Waals surface area contributed by atoms with Crippen LogP contribution < -0.4 is 16.7 Å². The lowest BCUT2D eigenvalue weighted by Crippen LogP contribution is -2.28. The minimum absolute atomic E-state index is 0.00963. The number of halogens is 1. The van der Waals surface area contributed by atoms with Crippen molar-refractivity contribution in [2.24, 2.45) is 5.10 Å². The molecule has 0 spiro atoms. The number of hydrogen-bond acceptors (Lipinski definition) is 5. The van der Waals surface area contributed by atoms with Gasteiger partial charge in [-0.25, -0.2) is 10.2 Å². The van der Waals surface area contributed by atoms with E-state index in [1.807, 2.05) is 9.97 Å². The number of carbonyl (C=O) groups excluding carboxylic acids is 1. The van der Waals surface area contributed by atoms with Crippen LogP contribution in [0.5, 0.6) is 5.88 Å². The number of benzene rings is 1. The maximum absolute atomic E-state index is 11.9. The van der Waals surface area contributed by atoms with Crippen LogP contribution in [0.15, 0.2) is 39.0 Å². The molecule has 2 aromatic rings. The average Bonchev–Trinajstić information content (AvgIpc) is 2.44. The molecule has 0 aliphatic carbocycles. The van der Waals surface area contributed by atoms with Crippen LogP contribution in [-0.2, 0) is 0 Å². The zero-order valence-electron chi connectivity index (χ0n) is 11.3. The summed E-state index contributed by atoms with van der Waals surface area (Å²) in [4.78, 5) is 38.5. The van der Waals surface area contributed by atoms with Crippen LogP contribution in [0.1, 0.15) is 22.8 Å². The van der Waals surface area contributed by atoms with Crippen molar-refractivity contribution in [1.29, 1.82) is 0 Å². The number of carbonyl (C=O) groups is 1. The van der Waals surface area contributed by atoms with Crippen molar-refractivity contribution in [2.75, 3.05) is 0 Å². The number of nitrogens with zero attached hydrogens (tertiary/aromatic N) is 1. The van der Waals surface area contributed by atoms with E-state index < -0.39 is 23.0 Å². The van der Waals surface area contributed by atoms with E-state index in [4.69, 9.17) is 11.6 Å². The SMILES string of the molecule is C/C(=N\NC(=O)c1ccccc1Cl)c1c(O)[nH]c(=O)[nH]c1=O. The second kappa shape index (κ2) is 6.27. The lowest BCUT2D eigenvalue weighted by Gasteiger charge is -2.04. The summed E-state index contributed by atoms with van der Waals surface area (Å²) in [6.07, 6.45) is 0. The van der Waals surface area contributed by atoms with Gasteiger partial charge in [0.2, 0.25) is 5.88 Å². The number of hydrogen-bond donors (Lipinski definition) is 4. The monoisotopic (exact) mass is 322 g/mol. The zero-order valence-corrected chi connectivity index (χ0v) is 12.1. The summed E-state index contributed by atoms with van der Waals surface area (Å²) in [5.74, 6) is -1.22. The molecule has 22 heavy (non-hydrogen) atoms. The summed E-state index contributed by atoms with van der Waals surface area (Å²) in [6, 6.07) is 6.36. The minimum Gasteiger partial charge on any atom is -0.494 e. The van der Waals surface area contributed by atoms with Crippen LogP contribution in [0.2, 0.25) is 5.02 Å². The van der Waals surface area contributed by atoms with Crippen molar-refractivity contribution >= 4 is 23.2 Å². The number of aromatic nitrogens is 2. The van der Waals surface area contributed by atoms with Crippen molar-refractivity contribution in [1.82, 2.24) is 15.4 Å². The number of hydrazone groups is 1. The molecule has 0 aliphatic rings. The number of amides is 1. The fourth-order valence-electron chi connectivity index (χ4n) is 1.71. The van der Waals surface area contributed by atoms with Gasteiger partial charge in [-0.3, -0.25) is 19.6 Å². The lowest BCUT2D eigenvalue weighted by molar-refractivity contribution is 0.0955. The Morgan fingerprint density at radius 2 is 1.95 bits per heavy atom. The van der Waals surface area contributed by atoms with Gasteiger partial charge in [0.05, 0.1) is 16.3 Å². The Morgan fingerprint density at radius 3 is 2.59 bits per heavy atom. The van der Waals surface area contributed by atoms with Gasteiger partial charge in [-0.1, -0.05) is 23.7 Å². The molecule has 0 bridgehead atoms. The molecule has 1 amide bonds. The van der Waals surface area contributed by atoms with Crippen molar-refractivity contribution in [2.45, 2.75) is 6.92 Å². The number of aromatic hydroxyl groups is 1. The summed E-state index contributed by atoms with van der Waals surface area (Å²) in [7, 11) is 0. The first-order valence-electron chi connectivity index (χ1n) is 6.05. The summed E-state index contributed by atoms with van der Waals surface area (Å²) in [5.41, 5.74) is 0.511. The molecule has 0 saturated heterocycles. The topological polar surface area (TPSA) is 127 Å². The van der Waals surface area contributed by atoms with E-state index in [0.29, 0.717) is 0 Å². The Morgan fingerprint density at radius 1 is 1.27 bits per heavy atom. The van der Waals surface area contributed by atoms with E-state index in [0.717, 1.165) is 0 Å². The highest BCUT2D eigenvalue weighted by molar-refractivity contribution is 6.33. The van der Waals surface area contributed by atoms with Gasteiger partial charge in [-0.2, -0.15) is 5.10 Å². The smallest absolute Gasteiger partial charge is 0.328 e. The predicted molar refractivity (Wildman–Crippen MR) is 80.5 cm³/mol. The predicted octanol–water partition coefficient (Wildman–Crippen LogP) is 0.576. The van der Waals surface area contributed by atoms with Crippen LogP contribution >= 0.6 is 11.6 Å². The van der Waals surface area contributed by atoms with Crippen molar-refractivity contribution < 1.29 is 9.90 Å². The molecule has 0 aliphatic heterocycles. The van der Waals surface area contributed by atoms with Gasteiger partial charge < -0.3 is 5.11 Å². The van der Waals surface area contributed by atoms with Crippen molar-refractivity contribution in [3.63, 3.8) is 0 Å². The quantitative estimate of drug-likeness (QED) is 0.486. The Balaban J connectivity index is 2.28. The molecule has 0 unspecified atom stereocenters. The molecule has 0 radical (unpaired) electrons. The number of aromatic amines is 2. The summed E-state index contributed by atoms with van der Waals surface area (Å²) in [5, 5.41) is 13.5. The average molecular weight is 323 g/mol. The van der Waals surface area contributed by atoms with Crippen LogP contribution in [0, 0.1) is 0 Å².